The van der Waals surface area contributed by atoms with Crippen LogP contribution in [0.2, 0.25) is 5.02 Å². The zero-order valence-electron chi connectivity index (χ0n) is 9.22. The van der Waals surface area contributed by atoms with Crippen molar-refractivity contribution < 1.29 is 4.74 Å². The number of nitrogens with one attached hydrogen (secondary N) is 1. The largest absolute Gasteiger partial charge is 0.493 e. The maximum Gasteiger partial charge on any atom is 0.127 e. The maximum absolute atomic E-state index is 6.09. The summed E-state index contributed by atoms with van der Waals surface area (Å²) >= 11 is 9.53. The fourth-order valence-electron chi connectivity index (χ4n) is 1.82. The lowest BCUT2D eigenvalue weighted by atomic mass is 10.1. The Bertz CT molecular complexity index is 384. The Labute approximate surface area is 109 Å². The standard InChI is InChI=1S/C12H15BrClNO/c1-8(6-13)15-7-10-5-11(14)4-9-2-3-16-12(9)10/h4-5,8,15H,2-3,6-7H2,1H3. The van der Waals surface area contributed by atoms with Crippen LogP contribution in [-0.4, -0.2) is 18.0 Å². The molecule has 1 aromatic rings. The van der Waals surface area contributed by atoms with Gasteiger partial charge in [-0.15, -0.1) is 0 Å². The van der Waals surface area contributed by atoms with Crippen molar-refractivity contribution in [3.05, 3.63) is 28.3 Å². The van der Waals surface area contributed by atoms with Gasteiger partial charge in [0, 0.05) is 34.9 Å². The Kier molecular flexibility index (Phi) is 4.11. The van der Waals surface area contributed by atoms with Crippen molar-refractivity contribution in [2.75, 3.05) is 11.9 Å². The second-order valence-electron chi connectivity index (χ2n) is 4.09. The Balaban J connectivity index is 2.14. The van der Waals surface area contributed by atoms with Crippen molar-refractivity contribution in [2.24, 2.45) is 0 Å². The lowest BCUT2D eigenvalue weighted by molar-refractivity contribution is 0.352. The fraction of sp³-hybridized carbons (Fsp3) is 0.500. The van der Waals surface area contributed by atoms with E-state index in [4.69, 9.17) is 16.3 Å². The first kappa shape index (κ1) is 12.2. The Morgan fingerprint density at radius 3 is 3.12 bits per heavy atom. The highest BCUT2D eigenvalue weighted by molar-refractivity contribution is 9.09. The first-order valence-electron chi connectivity index (χ1n) is 5.44. The van der Waals surface area contributed by atoms with Crippen LogP contribution in [0.15, 0.2) is 12.1 Å². The number of halogens is 2. The van der Waals surface area contributed by atoms with E-state index in [2.05, 4.69) is 28.2 Å². The third-order valence-corrected chi connectivity index (χ3v) is 3.89. The molecule has 0 fully saturated rings. The van der Waals surface area contributed by atoms with Crippen LogP contribution in [0.25, 0.3) is 0 Å². The molecule has 0 saturated heterocycles. The maximum atomic E-state index is 6.09. The molecular weight excluding hydrogens is 289 g/mol. The van der Waals surface area contributed by atoms with Crippen LogP contribution in [0, 0.1) is 0 Å². The second-order valence-corrected chi connectivity index (χ2v) is 5.17. The average Bonchev–Trinajstić information content (AvgIpc) is 2.73. The van der Waals surface area contributed by atoms with Crippen molar-refractivity contribution in [3.63, 3.8) is 0 Å². The summed E-state index contributed by atoms with van der Waals surface area (Å²) in [5.74, 6) is 1.03. The zero-order chi connectivity index (χ0) is 11.5. The van der Waals surface area contributed by atoms with E-state index in [-0.39, 0.29) is 0 Å². The van der Waals surface area contributed by atoms with Gasteiger partial charge in [-0.2, -0.15) is 0 Å². The van der Waals surface area contributed by atoms with Gasteiger partial charge in [0.05, 0.1) is 6.61 Å². The minimum absolute atomic E-state index is 0.441. The molecule has 2 nitrogen and oxygen atoms in total. The Morgan fingerprint density at radius 2 is 2.38 bits per heavy atom. The van der Waals surface area contributed by atoms with Crippen LogP contribution < -0.4 is 10.1 Å². The topological polar surface area (TPSA) is 21.3 Å². The van der Waals surface area contributed by atoms with Gasteiger partial charge < -0.3 is 10.1 Å². The van der Waals surface area contributed by atoms with Gasteiger partial charge in [-0.1, -0.05) is 27.5 Å². The first-order valence-corrected chi connectivity index (χ1v) is 6.94. The molecule has 16 heavy (non-hydrogen) atoms. The van der Waals surface area contributed by atoms with Gasteiger partial charge in [-0.25, -0.2) is 0 Å². The molecule has 1 unspecified atom stereocenters. The van der Waals surface area contributed by atoms with Gasteiger partial charge in [0.2, 0.25) is 0 Å². The summed E-state index contributed by atoms with van der Waals surface area (Å²) in [5.41, 5.74) is 2.39. The predicted octanol–water partition coefficient (Wildman–Crippen LogP) is 3.15. The Morgan fingerprint density at radius 1 is 1.56 bits per heavy atom. The molecule has 1 atom stereocenters. The molecule has 0 bridgehead atoms. The van der Waals surface area contributed by atoms with E-state index in [1.54, 1.807) is 0 Å². The minimum Gasteiger partial charge on any atom is -0.493 e. The van der Waals surface area contributed by atoms with Crippen molar-refractivity contribution in [1.82, 2.24) is 5.32 Å². The van der Waals surface area contributed by atoms with Gasteiger partial charge in [0.25, 0.3) is 0 Å². The molecule has 1 N–H and O–H groups in total. The molecule has 88 valence electrons. The molecule has 1 aliphatic rings. The van der Waals surface area contributed by atoms with Gasteiger partial charge in [0.1, 0.15) is 5.75 Å². The number of hydrogen-bond donors (Lipinski definition) is 1. The molecular formula is C12H15BrClNO. The van der Waals surface area contributed by atoms with Crippen molar-refractivity contribution in [1.29, 1.82) is 0 Å². The second kappa shape index (κ2) is 5.39. The van der Waals surface area contributed by atoms with Gasteiger partial charge in [-0.3, -0.25) is 0 Å². The summed E-state index contributed by atoms with van der Waals surface area (Å²) in [7, 11) is 0. The normalized spacial score (nSPS) is 15.7. The number of fused-ring (bicyclic) bond motifs is 1. The summed E-state index contributed by atoms with van der Waals surface area (Å²) in [6.07, 6.45) is 0.969. The molecule has 0 amide bonds. The van der Waals surface area contributed by atoms with Crippen LogP contribution in [0.5, 0.6) is 5.75 Å². The monoisotopic (exact) mass is 303 g/mol. The summed E-state index contributed by atoms with van der Waals surface area (Å²) in [4.78, 5) is 0. The van der Waals surface area contributed by atoms with E-state index in [0.29, 0.717) is 6.04 Å². The minimum atomic E-state index is 0.441. The molecule has 1 aliphatic heterocycles. The van der Waals surface area contributed by atoms with E-state index in [9.17, 15) is 0 Å². The number of rotatable bonds is 4. The van der Waals surface area contributed by atoms with Gasteiger partial charge in [0.15, 0.2) is 0 Å². The van der Waals surface area contributed by atoms with Crippen LogP contribution in [0.1, 0.15) is 18.1 Å². The third-order valence-electron chi connectivity index (χ3n) is 2.70. The first-order chi connectivity index (χ1) is 7.70. The van der Waals surface area contributed by atoms with Crippen molar-refractivity contribution in [2.45, 2.75) is 25.9 Å². The highest BCUT2D eigenvalue weighted by Crippen LogP contribution is 2.32. The molecule has 0 spiro atoms. The Hall–Kier alpha value is -0.250. The summed E-state index contributed by atoms with van der Waals surface area (Å²) in [5, 5.41) is 5.16. The van der Waals surface area contributed by atoms with Crippen molar-refractivity contribution >= 4 is 27.5 Å². The fourth-order valence-corrected chi connectivity index (χ4v) is 2.31. The number of alkyl halides is 1. The van der Waals surface area contributed by atoms with Gasteiger partial charge in [-0.05, 0) is 24.6 Å². The van der Waals surface area contributed by atoms with E-state index in [1.165, 1.54) is 5.56 Å². The molecule has 0 aliphatic carbocycles. The highest BCUT2D eigenvalue weighted by Gasteiger charge is 2.17. The molecule has 0 radical (unpaired) electrons. The van der Waals surface area contributed by atoms with E-state index < -0.39 is 0 Å². The van der Waals surface area contributed by atoms with Crippen molar-refractivity contribution in [3.8, 4) is 5.75 Å². The SMILES string of the molecule is CC(CBr)NCc1cc(Cl)cc2c1OCC2. The smallest absolute Gasteiger partial charge is 0.127 e. The third kappa shape index (κ3) is 2.70. The zero-order valence-corrected chi connectivity index (χ0v) is 11.6. The molecule has 0 aromatic heterocycles. The van der Waals surface area contributed by atoms with E-state index in [0.717, 1.165) is 41.2 Å². The van der Waals surface area contributed by atoms with Gasteiger partial charge >= 0.3 is 0 Å². The predicted molar refractivity (Wildman–Crippen MR) is 70.7 cm³/mol. The molecule has 1 heterocycles. The highest BCUT2D eigenvalue weighted by atomic mass is 79.9. The molecule has 4 heteroatoms. The average molecular weight is 305 g/mol. The molecule has 0 saturated carbocycles. The van der Waals surface area contributed by atoms with Crippen LogP contribution in [0.4, 0.5) is 0 Å². The lowest BCUT2D eigenvalue weighted by Crippen LogP contribution is -2.26. The quantitative estimate of drug-likeness (QED) is 0.863. The summed E-state index contributed by atoms with van der Waals surface area (Å²) < 4.78 is 5.64. The van der Waals surface area contributed by atoms with E-state index in [1.807, 2.05) is 12.1 Å². The number of hydrogen-bond acceptors (Lipinski definition) is 2. The summed E-state index contributed by atoms with van der Waals surface area (Å²) in [6.45, 7) is 3.71. The van der Waals surface area contributed by atoms with Crippen LogP contribution in [0.3, 0.4) is 0 Å². The number of ether oxygens (including phenoxy) is 1. The molecule has 2 rings (SSSR count). The van der Waals surface area contributed by atoms with Crippen LogP contribution in [-0.2, 0) is 13.0 Å². The molecule has 1 aromatic carbocycles. The number of benzene rings is 1. The lowest BCUT2D eigenvalue weighted by Gasteiger charge is -2.13. The summed E-state index contributed by atoms with van der Waals surface area (Å²) in [6, 6.07) is 4.43. The van der Waals surface area contributed by atoms with E-state index >= 15 is 0 Å². The van der Waals surface area contributed by atoms with Crippen LogP contribution >= 0.6 is 27.5 Å².